The predicted molar refractivity (Wildman–Crippen MR) is 106 cm³/mol. The van der Waals surface area contributed by atoms with Crippen LogP contribution >= 0.6 is 0 Å². The first-order valence-corrected chi connectivity index (χ1v) is 9.19. The molecule has 1 amide bonds. The maximum Gasteiger partial charge on any atom is 0.307 e. The first-order chi connectivity index (χ1) is 13.9. The van der Waals surface area contributed by atoms with Gasteiger partial charge in [0.2, 0.25) is 0 Å². The molecule has 0 aliphatic carbocycles. The van der Waals surface area contributed by atoms with Crippen LogP contribution in [0, 0.1) is 12.7 Å². The van der Waals surface area contributed by atoms with E-state index in [-0.39, 0.29) is 18.5 Å². The van der Waals surface area contributed by atoms with Gasteiger partial charge in [-0.25, -0.2) is 9.37 Å². The molecule has 0 bridgehead atoms. The number of carbonyl (C=O) groups excluding carboxylic acids is 2. The van der Waals surface area contributed by atoms with E-state index in [1.165, 1.54) is 25.1 Å². The average molecular weight is 396 g/mol. The number of carbonyl (C=O) groups is 2. The summed E-state index contributed by atoms with van der Waals surface area (Å²) in [6.07, 6.45) is 0.794. The zero-order valence-corrected chi connectivity index (χ0v) is 16.1. The molecule has 0 radical (unpaired) electrons. The molecule has 7 heteroatoms. The number of oxazole rings is 1. The van der Waals surface area contributed by atoms with Crippen LogP contribution in [-0.4, -0.2) is 23.0 Å². The summed E-state index contributed by atoms with van der Waals surface area (Å²) in [4.78, 5) is 28.3. The quantitative estimate of drug-likeness (QED) is 0.603. The molecular weight excluding hydrogens is 375 g/mol. The number of ether oxygens (including phenoxy) is 1. The number of nitrogens with zero attached hydrogens (tertiary/aromatic N) is 1. The highest BCUT2D eigenvalue weighted by Gasteiger charge is 2.19. The van der Waals surface area contributed by atoms with Crippen LogP contribution in [-0.2, 0) is 20.7 Å². The van der Waals surface area contributed by atoms with Crippen molar-refractivity contribution in [2.24, 2.45) is 0 Å². The van der Waals surface area contributed by atoms with Crippen LogP contribution in [0.1, 0.15) is 24.8 Å². The summed E-state index contributed by atoms with van der Waals surface area (Å²) in [5.41, 5.74) is 2.07. The fourth-order valence-electron chi connectivity index (χ4n) is 2.59. The fourth-order valence-corrected chi connectivity index (χ4v) is 2.59. The molecule has 1 atom stereocenters. The first kappa shape index (κ1) is 20.3. The van der Waals surface area contributed by atoms with Gasteiger partial charge in [0.1, 0.15) is 5.82 Å². The Hall–Kier alpha value is -3.48. The van der Waals surface area contributed by atoms with Gasteiger partial charge in [-0.2, -0.15) is 0 Å². The summed E-state index contributed by atoms with van der Waals surface area (Å²) in [7, 11) is 0. The third-order valence-corrected chi connectivity index (χ3v) is 4.24. The van der Waals surface area contributed by atoms with E-state index in [4.69, 9.17) is 9.15 Å². The number of para-hydroxylation sites is 1. The van der Waals surface area contributed by atoms with Crippen molar-refractivity contribution in [2.45, 2.75) is 32.8 Å². The average Bonchev–Trinajstić information content (AvgIpc) is 3.17. The fraction of sp³-hybridized carbons (Fsp3) is 0.227. The van der Waals surface area contributed by atoms with E-state index < -0.39 is 23.8 Å². The van der Waals surface area contributed by atoms with Crippen molar-refractivity contribution < 1.29 is 23.1 Å². The molecule has 29 heavy (non-hydrogen) atoms. The van der Waals surface area contributed by atoms with Gasteiger partial charge in [0.05, 0.1) is 18.3 Å². The Bertz CT molecular complexity index is 998. The highest BCUT2D eigenvalue weighted by Crippen LogP contribution is 2.21. The second-order valence-electron chi connectivity index (χ2n) is 6.59. The van der Waals surface area contributed by atoms with Crippen molar-refractivity contribution in [3.8, 4) is 11.3 Å². The zero-order chi connectivity index (χ0) is 20.8. The third kappa shape index (κ3) is 5.51. The Morgan fingerprint density at radius 2 is 1.90 bits per heavy atom. The predicted octanol–water partition coefficient (Wildman–Crippen LogP) is 4.29. The Morgan fingerprint density at radius 1 is 1.17 bits per heavy atom. The molecule has 1 N–H and O–H groups in total. The molecule has 1 aromatic heterocycles. The minimum Gasteiger partial charge on any atom is -0.453 e. The standard InChI is InChI=1S/C22H21FN2O4/c1-14-7-9-16(10-8-14)19-13-24-20(29-19)11-12-21(26)28-15(2)22(27)25-18-6-4-3-5-17(18)23/h3-10,13,15H,11-12H2,1-2H3,(H,25,27). The van der Waals surface area contributed by atoms with Crippen LogP contribution in [0.15, 0.2) is 59.1 Å². The summed E-state index contributed by atoms with van der Waals surface area (Å²) >= 11 is 0. The number of halogens is 1. The second kappa shape index (κ2) is 9.14. The lowest BCUT2D eigenvalue weighted by Crippen LogP contribution is -2.30. The van der Waals surface area contributed by atoms with E-state index in [0.29, 0.717) is 11.7 Å². The number of rotatable bonds is 7. The van der Waals surface area contributed by atoms with Gasteiger partial charge >= 0.3 is 5.97 Å². The lowest BCUT2D eigenvalue weighted by atomic mass is 10.1. The summed E-state index contributed by atoms with van der Waals surface area (Å²) in [6, 6.07) is 13.6. The van der Waals surface area contributed by atoms with Crippen LogP contribution in [0.4, 0.5) is 10.1 Å². The Morgan fingerprint density at radius 3 is 2.62 bits per heavy atom. The molecule has 1 heterocycles. The number of esters is 1. The van der Waals surface area contributed by atoms with E-state index >= 15 is 0 Å². The highest BCUT2D eigenvalue weighted by molar-refractivity contribution is 5.95. The second-order valence-corrected chi connectivity index (χ2v) is 6.59. The third-order valence-electron chi connectivity index (χ3n) is 4.24. The lowest BCUT2D eigenvalue weighted by molar-refractivity contribution is -0.153. The van der Waals surface area contributed by atoms with Gasteiger partial charge < -0.3 is 14.5 Å². The lowest BCUT2D eigenvalue weighted by Gasteiger charge is -2.13. The molecule has 0 aliphatic rings. The van der Waals surface area contributed by atoms with E-state index in [1.807, 2.05) is 31.2 Å². The van der Waals surface area contributed by atoms with Crippen molar-refractivity contribution >= 4 is 17.6 Å². The summed E-state index contributed by atoms with van der Waals surface area (Å²) < 4.78 is 24.4. The molecule has 150 valence electrons. The Kier molecular flexibility index (Phi) is 6.39. The smallest absolute Gasteiger partial charge is 0.307 e. The molecule has 0 aliphatic heterocycles. The number of benzene rings is 2. The van der Waals surface area contributed by atoms with Crippen molar-refractivity contribution in [3.63, 3.8) is 0 Å². The molecule has 0 saturated carbocycles. The van der Waals surface area contributed by atoms with E-state index in [0.717, 1.165) is 11.1 Å². The largest absolute Gasteiger partial charge is 0.453 e. The van der Waals surface area contributed by atoms with Crippen molar-refractivity contribution in [2.75, 3.05) is 5.32 Å². The molecule has 3 aromatic rings. The number of nitrogens with one attached hydrogen (secondary N) is 1. The summed E-state index contributed by atoms with van der Waals surface area (Å²) in [5, 5.41) is 2.39. The highest BCUT2D eigenvalue weighted by atomic mass is 19.1. The SMILES string of the molecule is Cc1ccc(-c2cnc(CCC(=O)OC(C)C(=O)Nc3ccccc3F)o2)cc1. The van der Waals surface area contributed by atoms with E-state index in [2.05, 4.69) is 10.3 Å². The molecule has 2 aromatic carbocycles. The topological polar surface area (TPSA) is 81.4 Å². The maximum absolute atomic E-state index is 13.6. The number of hydrogen-bond acceptors (Lipinski definition) is 5. The molecule has 3 rings (SSSR count). The molecule has 6 nitrogen and oxygen atoms in total. The number of hydrogen-bond donors (Lipinski definition) is 1. The van der Waals surface area contributed by atoms with Crippen LogP contribution in [0.25, 0.3) is 11.3 Å². The van der Waals surface area contributed by atoms with Gasteiger partial charge in [-0.3, -0.25) is 9.59 Å². The Balaban J connectivity index is 1.49. The van der Waals surface area contributed by atoms with Crippen molar-refractivity contribution in [1.82, 2.24) is 4.98 Å². The van der Waals surface area contributed by atoms with Gasteiger partial charge in [-0.15, -0.1) is 0 Å². The maximum atomic E-state index is 13.6. The zero-order valence-electron chi connectivity index (χ0n) is 16.1. The molecule has 0 fully saturated rings. The van der Waals surface area contributed by atoms with E-state index in [1.54, 1.807) is 12.3 Å². The minimum absolute atomic E-state index is 0.00513. The van der Waals surface area contributed by atoms with Crippen LogP contribution in [0.2, 0.25) is 0 Å². The molecular formula is C22H21FN2O4. The monoisotopic (exact) mass is 396 g/mol. The number of aryl methyl sites for hydroxylation is 2. The number of anilines is 1. The van der Waals surface area contributed by atoms with Gasteiger partial charge in [-0.05, 0) is 26.0 Å². The van der Waals surface area contributed by atoms with Crippen molar-refractivity contribution in [1.29, 1.82) is 0 Å². The van der Waals surface area contributed by atoms with Gasteiger partial charge in [0.15, 0.2) is 17.8 Å². The molecule has 0 spiro atoms. The van der Waals surface area contributed by atoms with Crippen LogP contribution < -0.4 is 5.32 Å². The van der Waals surface area contributed by atoms with Crippen LogP contribution in [0.3, 0.4) is 0 Å². The van der Waals surface area contributed by atoms with Gasteiger partial charge in [0, 0.05) is 12.0 Å². The first-order valence-electron chi connectivity index (χ1n) is 9.19. The Labute approximate surface area is 167 Å². The van der Waals surface area contributed by atoms with Crippen LogP contribution in [0.5, 0.6) is 0 Å². The van der Waals surface area contributed by atoms with Gasteiger partial charge in [-0.1, -0.05) is 42.0 Å². The number of aromatic nitrogens is 1. The number of amides is 1. The van der Waals surface area contributed by atoms with Crippen molar-refractivity contribution in [3.05, 3.63) is 72.0 Å². The van der Waals surface area contributed by atoms with E-state index in [9.17, 15) is 14.0 Å². The molecule has 1 unspecified atom stereocenters. The summed E-state index contributed by atoms with van der Waals surface area (Å²) in [5.74, 6) is -0.725. The summed E-state index contributed by atoms with van der Waals surface area (Å²) in [6.45, 7) is 3.42. The normalized spacial score (nSPS) is 11.7. The minimum atomic E-state index is -1.06. The van der Waals surface area contributed by atoms with Gasteiger partial charge in [0.25, 0.3) is 5.91 Å². The molecule has 0 saturated heterocycles.